The normalized spacial score (nSPS) is 14.3. The quantitative estimate of drug-likeness (QED) is 0.330. The van der Waals surface area contributed by atoms with E-state index in [0.29, 0.717) is 37.2 Å². The van der Waals surface area contributed by atoms with Crippen LogP contribution in [0, 0.1) is 27.7 Å². The lowest BCUT2D eigenvalue weighted by Gasteiger charge is -2.31. The largest absolute Gasteiger partial charge is 0.490 e. The number of rotatable bonds is 8. The summed E-state index contributed by atoms with van der Waals surface area (Å²) >= 11 is 1.34. The first-order valence-electron chi connectivity index (χ1n) is 9.96. The molecule has 0 spiro atoms. The van der Waals surface area contributed by atoms with E-state index in [0.717, 1.165) is 18.2 Å². The first-order chi connectivity index (χ1) is 15.3. The molecule has 1 fully saturated rings. The van der Waals surface area contributed by atoms with E-state index >= 15 is 0 Å². The fourth-order valence-corrected chi connectivity index (χ4v) is 4.49. The molecule has 10 heteroatoms. The Balaban J connectivity index is 1.49. The van der Waals surface area contributed by atoms with E-state index in [4.69, 9.17) is 4.74 Å². The average molecular weight is 464 g/mol. The van der Waals surface area contributed by atoms with Crippen LogP contribution in [-0.4, -0.2) is 47.5 Å². The number of hydrogen-bond donors (Lipinski definition) is 0. The smallest absolute Gasteiger partial charge is 0.311 e. The number of piperidine rings is 1. The van der Waals surface area contributed by atoms with Gasteiger partial charge in [0.2, 0.25) is 5.91 Å². The van der Waals surface area contributed by atoms with Crippen molar-refractivity contribution >= 4 is 29.1 Å². The maximum absolute atomic E-state index is 13.9. The molecule has 0 unspecified atom stereocenters. The molecule has 0 saturated carbocycles. The zero-order valence-electron chi connectivity index (χ0n) is 17.4. The Morgan fingerprint density at radius 1 is 1.19 bits per heavy atom. The van der Waals surface area contributed by atoms with Gasteiger partial charge in [-0.3, -0.25) is 19.7 Å². The van der Waals surface area contributed by atoms with Crippen LogP contribution in [-0.2, 0) is 10.5 Å². The minimum Gasteiger partial charge on any atom is -0.490 e. The molecule has 0 atom stereocenters. The monoisotopic (exact) mass is 464 g/mol. The van der Waals surface area contributed by atoms with Gasteiger partial charge in [-0.15, -0.1) is 11.8 Å². The molecule has 1 amide bonds. The number of carbonyl (C=O) groups is 2. The van der Waals surface area contributed by atoms with Crippen molar-refractivity contribution < 1.29 is 28.0 Å². The summed E-state index contributed by atoms with van der Waals surface area (Å²) in [6.45, 7) is 0.724. The summed E-state index contributed by atoms with van der Waals surface area (Å²) in [6.07, 6.45) is 0.770. The van der Waals surface area contributed by atoms with Gasteiger partial charge in [0.15, 0.2) is 11.5 Å². The zero-order chi connectivity index (χ0) is 23.3. The van der Waals surface area contributed by atoms with Gasteiger partial charge < -0.3 is 9.64 Å². The maximum Gasteiger partial charge on any atom is 0.311 e. The molecule has 1 aliphatic rings. The van der Waals surface area contributed by atoms with Crippen molar-refractivity contribution in [1.29, 1.82) is 0 Å². The van der Waals surface area contributed by atoms with Gasteiger partial charge in [-0.05, 0) is 42.7 Å². The van der Waals surface area contributed by atoms with Crippen molar-refractivity contribution in [1.82, 2.24) is 4.90 Å². The van der Waals surface area contributed by atoms with Crippen molar-refractivity contribution in [3.05, 3.63) is 69.3 Å². The molecule has 32 heavy (non-hydrogen) atoms. The summed E-state index contributed by atoms with van der Waals surface area (Å²) in [7, 11) is 1.36. The number of hydrogen-bond acceptors (Lipinski definition) is 6. The Morgan fingerprint density at radius 2 is 1.91 bits per heavy atom. The molecule has 0 radical (unpaired) electrons. The predicted molar refractivity (Wildman–Crippen MR) is 116 cm³/mol. The number of nitrogens with zero attached hydrogens (tertiary/aromatic N) is 2. The van der Waals surface area contributed by atoms with Gasteiger partial charge in [-0.1, -0.05) is 6.07 Å². The molecule has 1 heterocycles. The second-order valence-corrected chi connectivity index (χ2v) is 8.39. The molecular weight excluding hydrogens is 442 g/mol. The van der Waals surface area contributed by atoms with Crippen molar-refractivity contribution in [2.75, 3.05) is 26.0 Å². The standard InChI is InChI=1S/C22H22F2N2O5S/c1-31-20-5-2-14(10-19(20)26(29)30)12-32-13-21(27)25-8-6-15(7-9-25)22(28)17-11-16(23)3-4-18(17)24/h2-5,10-11,15H,6-9,12-13H2,1H3. The van der Waals surface area contributed by atoms with E-state index in [1.165, 1.54) is 31.0 Å². The number of ketones is 1. The van der Waals surface area contributed by atoms with Gasteiger partial charge in [0.25, 0.3) is 0 Å². The molecule has 1 saturated heterocycles. The van der Waals surface area contributed by atoms with Crippen molar-refractivity contribution in [3.63, 3.8) is 0 Å². The lowest BCUT2D eigenvalue weighted by atomic mass is 9.88. The predicted octanol–water partition coefficient (Wildman–Crippen LogP) is 4.24. The van der Waals surface area contributed by atoms with Gasteiger partial charge in [0.05, 0.1) is 23.3 Å². The minimum absolute atomic E-state index is 0.0964. The zero-order valence-corrected chi connectivity index (χ0v) is 18.2. The number of thioether (sulfide) groups is 1. The molecule has 3 rings (SSSR count). The van der Waals surface area contributed by atoms with Crippen LogP contribution in [0.3, 0.4) is 0 Å². The van der Waals surface area contributed by atoms with Crippen LogP contribution in [0.2, 0.25) is 0 Å². The Kier molecular flexibility index (Phi) is 7.79. The van der Waals surface area contributed by atoms with Gasteiger partial charge in [-0.25, -0.2) is 8.78 Å². The number of nitro groups is 1. The molecule has 0 aliphatic carbocycles. The summed E-state index contributed by atoms with van der Waals surface area (Å²) in [6, 6.07) is 7.49. The number of Topliss-reactive ketones (excluding diaryl/α,β-unsaturated/α-hetero) is 1. The van der Waals surface area contributed by atoms with E-state index in [1.54, 1.807) is 11.0 Å². The van der Waals surface area contributed by atoms with Gasteiger partial charge in [0.1, 0.15) is 11.6 Å². The molecule has 0 bridgehead atoms. The highest BCUT2D eigenvalue weighted by Gasteiger charge is 2.29. The summed E-state index contributed by atoms with van der Waals surface area (Å²) < 4.78 is 32.2. The highest BCUT2D eigenvalue weighted by molar-refractivity contribution is 7.99. The second-order valence-electron chi connectivity index (χ2n) is 7.40. The van der Waals surface area contributed by atoms with E-state index < -0.39 is 28.3 Å². The molecule has 170 valence electrons. The Bertz CT molecular complexity index is 1030. The van der Waals surface area contributed by atoms with Crippen LogP contribution in [0.4, 0.5) is 14.5 Å². The first kappa shape index (κ1) is 23.6. The van der Waals surface area contributed by atoms with Crippen molar-refractivity contribution in [2.24, 2.45) is 5.92 Å². The molecule has 0 N–H and O–H groups in total. The fraction of sp³-hybridized carbons (Fsp3) is 0.364. The third-order valence-corrected chi connectivity index (χ3v) is 6.34. The van der Waals surface area contributed by atoms with Crippen LogP contribution < -0.4 is 4.74 Å². The maximum atomic E-state index is 13.9. The molecule has 2 aromatic rings. The fourth-order valence-electron chi connectivity index (χ4n) is 3.61. The number of amides is 1. The van der Waals surface area contributed by atoms with Crippen LogP contribution >= 0.6 is 11.8 Å². The SMILES string of the molecule is COc1ccc(CSCC(=O)N2CCC(C(=O)c3cc(F)ccc3F)CC2)cc1[N+](=O)[O-]. The van der Waals surface area contributed by atoms with Crippen LogP contribution in [0.15, 0.2) is 36.4 Å². The lowest BCUT2D eigenvalue weighted by Crippen LogP contribution is -2.41. The van der Waals surface area contributed by atoms with Crippen LogP contribution in [0.25, 0.3) is 0 Å². The molecule has 0 aromatic heterocycles. The van der Waals surface area contributed by atoms with E-state index in [-0.39, 0.29) is 28.7 Å². The second kappa shape index (κ2) is 10.5. The lowest BCUT2D eigenvalue weighted by molar-refractivity contribution is -0.385. The Labute approximate surface area is 187 Å². The summed E-state index contributed by atoms with van der Waals surface area (Å²) in [5.41, 5.74) is 0.328. The van der Waals surface area contributed by atoms with E-state index in [1.807, 2.05) is 0 Å². The Hall–Kier alpha value is -3.01. The summed E-state index contributed by atoms with van der Waals surface area (Å²) in [5, 5.41) is 11.1. The highest BCUT2D eigenvalue weighted by Crippen LogP contribution is 2.29. The first-order valence-corrected chi connectivity index (χ1v) is 11.1. The minimum atomic E-state index is -0.745. The number of methoxy groups -OCH3 is 1. The molecular formula is C22H22F2N2O5S. The van der Waals surface area contributed by atoms with Crippen LogP contribution in [0.1, 0.15) is 28.8 Å². The number of benzene rings is 2. The summed E-state index contributed by atoms with van der Waals surface area (Å²) in [5.74, 6) is -1.61. The average Bonchev–Trinajstić information content (AvgIpc) is 2.80. The molecule has 7 nitrogen and oxygen atoms in total. The van der Waals surface area contributed by atoms with E-state index in [2.05, 4.69) is 0 Å². The Morgan fingerprint density at radius 3 is 2.56 bits per heavy atom. The number of nitro benzene ring substituents is 1. The van der Waals surface area contributed by atoms with Crippen molar-refractivity contribution in [2.45, 2.75) is 18.6 Å². The third kappa shape index (κ3) is 5.61. The van der Waals surface area contributed by atoms with E-state index in [9.17, 15) is 28.5 Å². The third-order valence-electron chi connectivity index (χ3n) is 5.35. The molecule has 1 aliphatic heterocycles. The van der Waals surface area contributed by atoms with Crippen LogP contribution in [0.5, 0.6) is 5.75 Å². The molecule has 2 aromatic carbocycles. The highest BCUT2D eigenvalue weighted by atomic mass is 32.2. The number of halogens is 2. The number of carbonyl (C=O) groups excluding carboxylic acids is 2. The number of ether oxygens (including phenoxy) is 1. The van der Waals surface area contributed by atoms with Gasteiger partial charge in [-0.2, -0.15) is 0 Å². The number of likely N-dealkylation sites (tertiary alicyclic amines) is 1. The van der Waals surface area contributed by atoms with Gasteiger partial charge >= 0.3 is 5.69 Å². The van der Waals surface area contributed by atoms with Crippen molar-refractivity contribution in [3.8, 4) is 5.75 Å². The summed E-state index contributed by atoms with van der Waals surface area (Å²) in [4.78, 5) is 37.3. The topological polar surface area (TPSA) is 89.8 Å². The van der Waals surface area contributed by atoms with Gasteiger partial charge in [0, 0.05) is 30.8 Å².